The van der Waals surface area contributed by atoms with Crippen LogP contribution in [0.2, 0.25) is 0 Å². The molecular formula is C11H16F3NO2S. The fraction of sp³-hybridized carbons (Fsp3) is 0.636. The molecule has 0 aliphatic rings. The highest BCUT2D eigenvalue weighted by Gasteiger charge is 2.26. The smallest absolute Gasteiger partial charge is 0.389 e. The standard InChI is InChI=1S/C11H16F3NO2S/c12-11(13,14)3-4-15-6-9(16)7-17-8-10-2-1-5-18-10/h1-2,5,9,15-16H,3-4,6-8H2. The summed E-state index contributed by atoms with van der Waals surface area (Å²) in [5.41, 5.74) is 0. The summed E-state index contributed by atoms with van der Waals surface area (Å²) in [6.45, 7) is 0.431. The van der Waals surface area contributed by atoms with E-state index in [0.717, 1.165) is 4.88 Å². The van der Waals surface area contributed by atoms with Gasteiger partial charge in [-0.1, -0.05) is 6.07 Å². The van der Waals surface area contributed by atoms with E-state index in [2.05, 4.69) is 5.32 Å². The minimum atomic E-state index is -4.16. The normalized spacial score (nSPS) is 13.8. The Morgan fingerprint density at radius 3 is 2.83 bits per heavy atom. The molecule has 0 spiro atoms. The lowest BCUT2D eigenvalue weighted by molar-refractivity contribution is -0.133. The van der Waals surface area contributed by atoms with Gasteiger partial charge in [0.05, 0.1) is 25.7 Å². The topological polar surface area (TPSA) is 41.5 Å². The van der Waals surface area contributed by atoms with E-state index in [1.807, 2.05) is 17.5 Å². The molecule has 0 aromatic carbocycles. The van der Waals surface area contributed by atoms with Crippen LogP contribution in [0, 0.1) is 0 Å². The van der Waals surface area contributed by atoms with Crippen molar-refractivity contribution in [2.45, 2.75) is 25.3 Å². The van der Waals surface area contributed by atoms with Gasteiger partial charge in [-0.2, -0.15) is 13.2 Å². The summed E-state index contributed by atoms with van der Waals surface area (Å²) in [4.78, 5) is 1.05. The van der Waals surface area contributed by atoms with E-state index in [4.69, 9.17) is 4.74 Å². The molecule has 7 heteroatoms. The van der Waals surface area contributed by atoms with Gasteiger partial charge in [-0.05, 0) is 11.4 Å². The predicted molar refractivity (Wildman–Crippen MR) is 63.5 cm³/mol. The van der Waals surface area contributed by atoms with Crippen molar-refractivity contribution in [1.29, 1.82) is 0 Å². The molecule has 1 rings (SSSR count). The number of nitrogens with one attached hydrogen (secondary N) is 1. The van der Waals surface area contributed by atoms with Crippen molar-refractivity contribution in [2.75, 3.05) is 19.7 Å². The van der Waals surface area contributed by atoms with E-state index in [1.54, 1.807) is 11.3 Å². The third kappa shape index (κ3) is 7.65. The van der Waals surface area contributed by atoms with Crippen molar-refractivity contribution in [3.63, 3.8) is 0 Å². The number of aliphatic hydroxyl groups is 1. The van der Waals surface area contributed by atoms with Crippen molar-refractivity contribution >= 4 is 11.3 Å². The van der Waals surface area contributed by atoms with E-state index < -0.39 is 18.7 Å². The van der Waals surface area contributed by atoms with Crippen LogP contribution in [0.3, 0.4) is 0 Å². The molecule has 0 bridgehead atoms. The first kappa shape index (κ1) is 15.4. The first-order chi connectivity index (χ1) is 8.47. The summed E-state index contributed by atoms with van der Waals surface area (Å²) >= 11 is 1.55. The summed E-state index contributed by atoms with van der Waals surface area (Å²) < 4.78 is 40.7. The summed E-state index contributed by atoms with van der Waals surface area (Å²) in [6, 6.07) is 3.82. The highest BCUT2D eigenvalue weighted by atomic mass is 32.1. The van der Waals surface area contributed by atoms with Gasteiger partial charge in [-0.25, -0.2) is 0 Å². The number of alkyl halides is 3. The molecule has 2 N–H and O–H groups in total. The predicted octanol–water partition coefficient (Wildman–Crippen LogP) is 2.17. The Labute approximate surface area is 108 Å². The SMILES string of the molecule is OC(CNCCC(F)(F)F)COCc1cccs1. The molecule has 0 saturated heterocycles. The molecule has 1 heterocycles. The number of rotatable bonds is 8. The second-order valence-corrected chi connectivity index (χ2v) is 4.85. The number of hydrogen-bond donors (Lipinski definition) is 2. The van der Waals surface area contributed by atoms with Crippen LogP contribution in [0.15, 0.2) is 17.5 Å². The lowest BCUT2D eigenvalue weighted by Gasteiger charge is -2.12. The molecule has 0 aliphatic carbocycles. The number of hydrogen-bond acceptors (Lipinski definition) is 4. The van der Waals surface area contributed by atoms with Gasteiger partial charge >= 0.3 is 6.18 Å². The molecule has 1 unspecified atom stereocenters. The van der Waals surface area contributed by atoms with E-state index in [9.17, 15) is 18.3 Å². The fourth-order valence-corrected chi connectivity index (χ4v) is 1.89. The summed E-state index contributed by atoms with van der Waals surface area (Å²) in [5, 5.41) is 13.9. The number of aliphatic hydroxyl groups excluding tert-OH is 1. The molecule has 0 aliphatic heterocycles. The quantitative estimate of drug-likeness (QED) is 0.718. The van der Waals surface area contributed by atoms with E-state index in [0.29, 0.717) is 6.61 Å². The van der Waals surface area contributed by atoms with Crippen LogP contribution in [0.25, 0.3) is 0 Å². The van der Waals surface area contributed by atoms with Crippen LogP contribution >= 0.6 is 11.3 Å². The highest BCUT2D eigenvalue weighted by molar-refractivity contribution is 7.09. The van der Waals surface area contributed by atoms with E-state index in [-0.39, 0.29) is 19.7 Å². The number of thiophene rings is 1. The average molecular weight is 283 g/mol. The largest absolute Gasteiger partial charge is 0.390 e. The molecule has 1 aromatic heterocycles. The third-order valence-electron chi connectivity index (χ3n) is 2.10. The van der Waals surface area contributed by atoms with Crippen LogP contribution in [-0.4, -0.2) is 37.1 Å². The number of ether oxygens (including phenoxy) is 1. The minimum Gasteiger partial charge on any atom is -0.389 e. The molecule has 104 valence electrons. The monoisotopic (exact) mass is 283 g/mol. The Kier molecular flexibility index (Phi) is 6.62. The summed E-state index contributed by atoms with van der Waals surface area (Å²) in [5.74, 6) is 0. The van der Waals surface area contributed by atoms with Crippen LogP contribution in [0.4, 0.5) is 13.2 Å². The Morgan fingerprint density at radius 2 is 2.22 bits per heavy atom. The van der Waals surface area contributed by atoms with Gasteiger partial charge < -0.3 is 15.2 Å². The van der Waals surface area contributed by atoms with Gasteiger partial charge in [0, 0.05) is 18.0 Å². The Balaban J connectivity index is 1.99. The molecule has 0 fully saturated rings. The van der Waals surface area contributed by atoms with Gasteiger partial charge in [0.15, 0.2) is 0 Å². The molecule has 18 heavy (non-hydrogen) atoms. The second kappa shape index (κ2) is 7.73. The lowest BCUT2D eigenvalue weighted by atomic mass is 10.3. The van der Waals surface area contributed by atoms with Crippen molar-refractivity contribution in [1.82, 2.24) is 5.32 Å². The molecule has 0 radical (unpaired) electrons. The maximum absolute atomic E-state index is 11.8. The summed E-state index contributed by atoms with van der Waals surface area (Å²) in [7, 11) is 0. The average Bonchev–Trinajstić information content (AvgIpc) is 2.76. The zero-order chi connectivity index (χ0) is 13.4. The van der Waals surface area contributed by atoms with Crippen molar-refractivity contribution in [3.8, 4) is 0 Å². The van der Waals surface area contributed by atoms with Gasteiger partial charge in [0.25, 0.3) is 0 Å². The minimum absolute atomic E-state index is 0.0977. The molecule has 3 nitrogen and oxygen atoms in total. The molecule has 0 amide bonds. The van der Waals surface area contributed by atoms with Crippen LogP contribution < -0.4 is 5.32 Å². The Bertz CT molecular complexity index is 317. The molecule has 1 aromatic rings. The van der Waals surface area contributed by atoms with Crippen molar-refractivity contribution in [3.05, 3.63) is 22.4 Å². The third-order valence-corrected chi connectivity index (χ3v) is 2.95. The molecule has 0 saturated carbocycles. The zero-order valence-corrected chi connectivity index (χ0v) is 10.6. The first-order valence-corrected chi connectivity index (χ1v) is 6.41. The Hall–Kier alpha value is -0.630. The Morgan fingerprint density at radius 1 is 1.44 bits per heavy atom. The molecular weight excluding hydrogens is 267 g/mol. The van der Waals surface area contributed by atoms with Gasteiger partial charge in [0.2, 0.25) is 0 Å². The van der Waals surface area contributed by atoms with Gasteiger partial charge in [-0.15, -0.1) is 11.3 Å². The highest BCUT2D eigenvalue weighted by Crippen LogP contribution is 2.18. The van der Waals surface area contributed by atoms with Crippen LogP contribution in [0.1, 0.15) is 11.3 Å². The first-order valence-electron chi connectivity index (χ1n) is 5.53. The lowest BCUT2D eigenvalue weighted by Crippen LogP contribution is -2.32. The summed E-state index contributed by atoms with van der Waals surface area (Å²) in [6.07, 6.45) is -5.85. The second-order valence-electron chi connectivity index (χ2n) is 3.82. The zero-order valence-electron chi connectivity index (χ0n) is 9.74. The maximum Gasteiger partial charge on any atom is 0.390 e. The van der Waals surface area contributed by atoms with E-state index in [1.165, 1.54) is 0 Å². The maximum atomic E-state index is 11.8. The van der Waals surface area contributed by atoms with Crippen molar-refractivity contribution in [2.24, 2.45) is 0 Å². The van der Waals surface area contributed by atoms with Gasteiger partial charge in [-0.3, -0.25) is 0 Å². The van der Waals surface area contributed by atoms with Crippen LogP contribution in [-0.2, 0) is 11.3 Å². The number of halogens is 3. The molecule has 1 atom stereocenters. The van der Waals surface area contributed by atoms with E-state index >= 15 is 0 Å². The van der Waals surface area contributed by atoms with Crippen molar-refractivity contribution < 1.29 is 23.0 Å². The fourth-order valence-electron chi connectivity index (χ4n) is 1.25. The van der Waals surface area contributed by atoms with Gasteiger partial charge in [0.1, 0.15) is 0 Å². The van der Waals surface area contributed by atoms with Crippen LogP contribution in [0.5, 0.6) is 0 Å².